The highest BCUT2D eigenvalue weighted by Gasteiger charge is 1.84. The molecular weight excluding hydrogens is 172 g/mol. The topological polar surface area (TPSA) is 0 Å². The van der Waals surface area contributed by atoms with Crippen molar-refractivity contribution < 1.29 is 0 Å². The molecule has 0 aliphatic heterocycles. The van der Waals surface area contributed by atoms with Crippen molar-refractivity contribution in [2.75, 3.05) is 0 Å². The molecule has 7 heavy (non-hydrogen) atoms. The number of halogens is 1. The number of rotatable bonds is 1. The van der Waals surface area contributed by atoms with Gasteiger partial charge in [0.1, 0.15) is 0 Å². The predicted molar refractivity (Wildman–Crippen MR) is 36.6 cm³/mol. The Balaban J connectivity index is 2.76. The summed E-state index contributed by atoms with van der Waals surface area (Å²) in [5.74, 6) is 0. The molecule has 2 heteroatoms. The molecule has 0 atom stereocenters. The summed E-state index contributed by atoms with van der Waals surface area (Å²) in [5.41, 5.74) is 0. The second-order valence-corrected chi connectivity index (χ2v) is 2.56. The molecule has 0 N–H and O–H groups in total. The molecular formula is C5H4BrS. The number of hydrogen-bond acceptors (Lipinski definition) is 1. The van der Waals surface area contributed by atoms with Gasteiger partial charge in [0.15, 0.2) is 0 Å². The van der Waals surface area contributed by atoms with E-state index in [-0.39, 0.29) is 0 Å². The minimum absolute atomic E-state index is 1.26. The Morgan fingerprint density at radius 1 is 1.71 bits per heavy atom. The van der Waals surface area contributed by atoms with Crippen LogP contribution in [0.25, 0.3) is 0 Å². The van der Waals surface area contributed by atoms with Gasteiger partial charge in [-0.15, -0.1) is 11.3 Å². The fourth-order valence-electron chi connectivity index (χ4n) is 0.353. The van der Waals surface area contributed by atoms with Gasteiger partial charge in [0, 0.05) is 4.88 Å². The first-order valence-corrected chi connectivity index (χ1v) is 3.70. The zero-order valence-electron chi connectivity index (χ0n) is 3.60. The summed E-state index contributed by atoms with van der Waals surface area (Å²) in [6.45, 7) is 0. The second-order valence-electron chi connectivity index (χ2n) is 1.12. The van der Waals surface area contributed by atoms with Crippen LogP contribution in [0.5, 0.6) is 0 Å². The molecule has 1 aromatic rings. The predicted octanol–water partition coefficient (Wildman–Crippen LogP) is 2.65. The van der Waals surface area contributed by atoms with E-state index in [4.69, 9.17) is 0 Å². The van der Waals surface area contributed by atoms with E-state index in [0.717, 1.165) is 0 Å². The molecule has 0 amide bonds. The largest absolute Gasteiger partial charge is 0.148 e. The lowest BCUT2D eigenvalue weighted by molar-refractivity contribution is 1.86. The molecule has 1 rings (SSSR count). The molecule has 0 nitrogen and oxygen atoms in total. The van der Waals surface area contributed by atoms with Gasteiger partial charge in [-0.3, -0.25) is 0 Å². The molecule has 1 aromatic heterocycles. The van der Waals surface area contributed by atoms with Gasteiger partial charge in [0.05, 0.1) is 5.33 Å². The first kappa shape index (κ1) is 5.32. The van der Waals surface area contributed by atoms with Gasteiger partial charge < -0.3 is 0 Å². The summed E-state index contributed by atoms with van der Waals surface area (Å²) in [4.78, 5) is 1.26. The van der Waals surface area contributed by atoms with E-state index in [0.29, 0.717) is 0 Å². The molecule has 0 saturated carbocycles. The Morgan fingerprint density at radius 3 is 2.86 bits per heavy atom. The first-order chi connectivity index (χ1) is 3.43. The normalized spacial score (nSPS) is 9.29. The third kappa shape index (κ3) is 1.28. The summed E-state index contributed by atoms with van der Waals surface area (Å²) in [6, 6.07) is 4.08. The summed E-state index contributed by atoms with van der Waals surface area (Å²) < 4.78 is 0. The van der Waals surface area contributed by atoms with Crippen molar-refractivity contribution in [3.63, 3.8) is 0 Å². The van der Waals surface area contributed by atoms with Crippen molar-refractivity contribution in [1.29, 1.82) is 0 Å². The smallest absolute Gasteiger partial charge is 0.0662 e. The average Bonchev–Trinajstić information content (AvgIpc) is 2.14. The maximum absolute atomic E-state index is 3.22. The van der Waals surface area contributed by atoms with Crippen molar-refractivity contribution in [1.82, 2.24) is 0 Å². The minimum atomic E-state index is 1.26. The van der Waals surface area contributed by atoms with Gasteiger partial charge >= 0.3 is 0 Å². The highest BCUT2D eigenvalue weighted by atomic mass is 79.9. The summed E-state index contributed by atoms with van der Waals surface area (Å²) >= 11 is 4.94. The average molecular weight is 176 g/mol. The van der Waals surface area contributed by atoms with E-state index in [2.05, 4.69) is 22.0 Å². The molecule has 0 aliphatic rings. The SMILES string of the molecule is Br[CH]c1cccs1. The van der Waals surface area contributed by atoms with Crippen molar-refractivity contribution in [2.45, 2.75) is 0 Å². The molecule has 0 fully saturated rings. The summed E-state index contributed by atoms with van der Waals surface area (Å²) in [7, 11) is 0. The van der Waals surface area contributed by atoms with Crippen molar-refractivity contribution in [3.05, 3.63) is 27.7 Å². The van der Waals surface area contributed by atoms with Gasteiger partial charge in [-0.05, 0) is 11.4 Å². The fourth-order valence-corrected chi connectivity index (χ4v) is 1.35. The van der Waals surface area contributed by atoms with Crippen LogP contribution >= 0.6 is 27.3 Å². The highest BCUT2D eigenvalue weighted by molar-refractivity contribution is 9.10. The second kappa shape index (κ2) is 2.48. The van der Waals surface area contributed by atoms with Gasteiger partial charge in [0.2, 0.25) is 0 Å². The van der Waals surface area contributed by atoms with Crippen LogP contribution in [0, 0.1) is 5.33 Å². The summed E-state index contributed by atoms with van der Waals surface area (Å²) in [6.07, 6.45) is 0. The van der Waals surface area contributed by atoms with Crippen LogP contribution in [0.2, 0.25) is 0 Å². The maximum atomic E-state index is 3.22. The molecule has 0 saturated heterocycles. The Bertz CT molecular complexity index is 123. The molecule has 0 aliphatic carbocycles. The molecule has 0 spiro atoms. The quantitative estimate of drug-likeness (QED) is 0.616. The van der Waals surface area contributed by atoms with Gasteiger partial charge in [0.25, 0.3) is 0 Å². The Hall–Kier alpha value is 0.180. The van der Waals surface area contributed by atoms with Crippen LogP contribution in [0.3, 0.4) is 0 Å². The highest BCUT2D eigenvalue weighted by Crippen LogP contribution is 2.13. The third-order valence-electron chi connectivity index (χ3n) is 0.651. The molecule has 1 radical (unpaired) electrons. The Morgan fingerprint density at radius 2 is 2.57 bits per heavy atom. The lowest BCUT2D eigenvalue weighted by atomic mass is 10.5. The fraction of sp³-hybridized carbons (Fsp3) is 0. The van der Waals surface area contributed by atoms with Gasteiger partial charge in [-0.1, -0.05) is 22.0 Å². The molecule has 0 bridgehead atoms. The zero-order valence-corrected chi connectivity index (χ0v) is 6.00. The molecule has 0 aromatic carbocycles. The van der Waals surface area contributed by atoms with Crippen LogP contribution < -0.4 is 0 Å². The molecule has 0 unspecified atom stereocenters. The van der Waals surface area contributed by atoms with Crippen LogP contribution in [0.1, 0.15) is 4.88 Å². The van der Waals surface area contributed by atoms with E-state index in [1.807, 2.05) is 16.8 Å². The van der Waals surface area contributed by atoms with Crippen LogP contribution in [-0.4, -0.2) is 0 Å². The van der Waals surface area contributed by atoms with Crippen LogP contribution in [0.15, 0.2) is 17.5 Å². The van der Waals surface area contributed by atoms with E-state index < -0.39 is 0 Å². The van der Waals surface area contributed by atoms with Crippen molar-refractivity contribution in [3.8, 4) is 0 Å². The van der Waals surface area contributed by atoms with Crippen LogP contribution in [-0.2, 0) is 0 Å². The van der Waals surface area contributed by atoms with Crippen LogP contribution in [0.4, 0.5) is 0 Å². The number of thiophene rings is 1. The van der Waals surface area contributed by atoms with E-state index in [1.165, 1.54) is 4.88 Å². The Labute approximate surface area is 55.3 Å². The number of hydrogen-bond donors (Lipinski definition) is 0. The lowest BCUT2D eigenvalue weighted by Gasteiger charge is -1.75. The van der Waals surface area contributed by atoms with Crippen molar-refractivity contribution >= 4 is 27.3 Å². The third-order valence-corrected chi connectivity index (χ3v) is 2.27. The summed E-state index contributed by atoms with van der Waals surface area (Å²) in [5, 5.41) is 3.96. The maximum Gasteiger partial charge on any atom is 0.0662 e. The monoisotopic (exact) mass is 175 g/mol. The lowest BCUT2D eigenvalue weighted by Crippen LogP contribution is -1.53. The van der Waals surface area contributed by atoms with E-state index >= 15 is 0 Å². The van der Waals surface area contributed by atoms with Gasteiger partial charge in [-0.2, -0.15) is 0 Å². The first-order valence-electron chi connectivity index (χ1n) is 1.90. The van der Waals surface area contributed by atoms with E-state index in [1.54, 1.807) is 11.3 Å². The van der Waals surface area contributed by atoms with Crippen molar-refractivity contribution in [2.24, 2.45) is 0 Å². The standard InChI is InChI=1S/C5H4BrS/c6-4-5-2-1-3-7-5/h1-4H. The molecule has 1 heterocycles. The van der Waals surface area contributed by atoms with E-state index in [9.17, 15) is 0 Å². The minimum Gasteiger partial charge on any atom is -0.148 e. The molecule has 37 valence electrons. The zero-order chi connectivity index (χ0) is 5.11. The van der Waals surface area contributed by atoms with Gasteiger partial charge in [-0.25, -0.2) is 0 Å². The Kier molecular flexibility index (Phi) is 1.88.